The Morgan fingerprint density at radius 3 is 2.14 bits per heavy atom. The molecule has 0 saturated heterocycles. The van der Waals surface area contributed by atoms with E-state index < -0.39 is 11.9 Å². The van der Waals surface area contributed by atoms with Crippen molar-refractivity contribution in [2.45, 2.75) is 27.7 Å². The molecule has 1 aromatic carbocycles. The van der Waals surface area contributed by atoms with E-state index in [-0.39, 0.29) is 30.1 Å². The second-order valence-corrected chi connectivity index (χ2v) is 7.13. The molecule has 0 aliphatic rings. The van der Waals surface area contributed by atoms with Crippen molar-refractivity contribution in [3.63, 3.8) is 0 Å². The number of benzene rings is 1. The fourth-order valence-corrected chi connectivity index (χ4v) is 3.65. The maximum Gasteiger partial charge on any atom is 0.338 e. The molecule has 3 aromatic rings. The minimum atomic E-state index is -0.547. The number of hydrogen-bond donors (Lipinski definition) is 0. The van der Waals surface area contributed by atoms with Crippen LogP contribution in [0.2, 0.25) is 0 Å². The van der Waals surface area contributed by atoms with Gasteiger partial charge in [0, 0.05) is 4.88 Å². The summed E-state index contributed by atoms with van der Waals surface area (Å²) < 4.78 is 16.1. The molecule has 0 N–H and O–H groups in total. The van der Waals surface area contributed by atoms with Crippen LogP contribution in [0.5, 0.6) is 11.6 Å². The van der Waals surface area contributed by atoms with Gasteiger partial charge in [0.2, 0.25) is 5.88 Å². The Morgan fingerprint density at radius 2 is 1.57 bits per heavy atom. The number of rotatable bonds is 6. The molecule has 2 aromatic heterocycles. The van der Waals surface area contributed by atoms with Crippen LogP contribution in [0.4, 0.5) is 0 Å². The molecule has 0 radical (unpaired) electrons. The Kier molecular flexibility index (Phi) is 5.89. The van der Waals surface area contributed by atoms with Crippen molar-refractivity contribution < 1.29 is 23.8 Å². The molecule has 2 heterocycles. The number of nitrogens with zero attached hydrogens (tertiary/aromatic N) is 2. The summed E-state index contributed by atoms with van der Waals surface area (Å²) in [7, 11) is 0. The van der Waals surface area contributed by atoms with Crippen LogP contribution in [0.25, 0.3) is 10.2 Å². The summed E-state index contributed by atoms with van der Waals surface area (Å²) >= 11 is 1.55. The zero-order valence-corrected chi connectivity index (χ0v) is 16.9. The van der Waals surface area contributed by atoms with E-state index in [0.29, 0.717) is 5.88 Å². The highest BCUT2D eigenvalue weighted by Gasteiger charge is 2.18. The van der Waals surface area contributed by atoms with Crippen LogP contribution in [0, 0.1) is 13.8 Å². The second kappa shape index (κ2) is 8.35. The van der Waals surface area contributed by atoms with E-state index in [1.165, 1.54) is 24.5 Å². The summed E-state index contributed by atoms with van der Waals surface area (Å²) in [5.41, 5.74) is 1.43. The predicted octanol–water partition coefficient (Wildman–Crippen LogP) is 4.45. The molecule has 0 fully saturated rings. The predicted molar refractivity (Wildman–Crippen MR) is 105 cm³/mol. The van der Waals surface area contributed by atoms with Gasteiger partial charge >= 0.3 is 11.9 Å². The van der Waals surface area contributed by atoms with Gasteiger partial charge in [0.15, 0.2) is 0 Å². The number of ether oxygens (including phenoxy) is 3. The average Bonchev–Trinajstić information content (AvgIpc) is 2.97. The molecule has 8 heteroatoms. The molecule has 0 atom stereocenters. The molecular formula is C20H20N2O5S. The molecule has 7 nitrogen and oxygen atoms in total. The largest absolute Gasteiger partial charge is 0.462 e. The van der Waals surface area contributed by atoms with E-state index in [0.717, 1.165) is 20.7 Å². The van der Waals surface area contributed by atoms with E-state index in [4.69, 9.17) is 14.2 Å². The molecule has 0 saturated carbocycles. The summed E-state index contributed by atoms with van der Waals surface area (Å²) in [4.78, 5) is 34.9. The van der Waals surface area contributed by atoms with Crippen molar-refractivity contribution in [1.82, 2.24) is 9.97 Å². The van der Waals surface area contributed by atoms with Gasteiger partial charge in [-0.25, -0.2) is 19.6 Å². The molecule has 0 spiro atoms. The van der Waals surface area contributed by atoms with Crippen LogP contribution < -0.4 is 4.74 Å². The van der Waals surface area contributed by atoms with Crippen LogP contribution in [-0.4, -0.2) is 35.1 Å². The minimum absolute atomic E-state index is 0.200. The first-order valence-electron chi connectivity index (χ1n) is 8.82. The third-order valence-corrected chi connectivity index (χ3v) is 5.19. The lowest BCUT2D eigenvalue weighted by molar-refractivity contribution is 0.0524. The van der Waals surface area contributed by atoms with Gasteiger partial charge in [-0.3, -0.25) is 0 Å². The molecular weight excluding hydrogens is 380 g/mol. The molecule has 3 rings (SSSR count). The van der Waals surface area contributed by atoms with E-state index >= 15 is 0 Å². The summed E-state index contributed by atoms with van der Waals surface area (Å²) in [5.74, 6) is -0.442. The van der Waals surface area contributed by atoms with Gasteiger partial charge in [-0.2, -0.15) is 0 Å². The fourth-order valence-electron chi connectivity index (χ4n) is 2.66. The zero-order valence-electron chi connectivity index (χ0n) is 16.1. The maximum absolute atomic E-state index is 12.2. The Labute approximate surface area is 166 Å². The van der Waals surface area contributed by atoms with Gasteiger partial charge in [-0.15, -0.1) is 11.3 Å². The van der Waals surface area contributed by atoms with E-state index in [2.05, 4.69) is 9.97 Å². The average molecular weight is 400 g/mol. The number of aromatic nitrogens is 2. The first-order valence-corrected chi connectivity index (χ1v) is 9.64. The van der Waals surface area contributed by atoms with Crippen molar-refractivity contribution in [3.8, 4) is 11.6 Å². The third-order valence-electron chi connectivity index (χ3n) is 4.07. The van der Waals surface area contributed by atoms with Gasteiger partial charge in [0.25, 0.3) is 0 Å². The first kappa shape index (κ1) is 19.8. The summed E-state index contributed by atoms with van der Waals surface area (Å²) in [5, 5.41) is 0.809. The number of fused-ring (bicyclic) bond motifs is 1. The van der Waals surface area contributed by atoms with Crippen molar-refractivity contribution in [1.29, 1.82) is 0 Å². The number of hydrogen-bond acceptors (Lipinski definition) is 8. The normalized spacial score (nSPS) is 10.7. The van der Waals surface area contributed by atoms with Crippen molar-refractivity contribution in [3.05, 3.63) is 46.1 Å². The Balaban J connectivity index is 2.06. The Bertz CT molecular complexity index is 1010. The second-order valence-electron chi connectivity index (χ2n) is 5.93. The Hall–Kier alpha value is -3.00. The highest BCUT2D eigenvalue weighted by Crippen LogP contribution is 2.36. The van der Waals surface area contributed by atoms with Crippen molar-refractivity contribution in [2.75, 3.05) is 13.2 Å². The SMILES string of the molecule is CCOC(=O)c1cc(Oc2ncnc3sc(C)c(C)c23)cc(C(=O)OCC)c1. The summed E-state index contributed by atoms with van der Waals surface area (Å²) in [6.45, 7) is 7.85. The molecule has 28 heavy (non-hydrogen) atoms. The number of carbonyl (C=O) groups excluding carboxylic acids is 2. The quantitative estimate of drug-likeness (QED) is 0.565. The summed E-state index contributed by atoms with van der Waals surface area (Å²) in [6, 6.07) is 4.46. The number of thiophene rings is 1. The molecule has 0 unspecified atom stereocenters. The molecule has 0 bridgehead atoms. The zero-order chi connectivity index (χ0) is 20.3. The number of esters is 2. The van der Waals surface area contributed by atoms with Crippen molar-refractivity contribution in [2.24, 2.45) is 0 Å². The number of carbonyl (C=O) groups is 2. The first-order chi connectivity index (χ1) is 13.4. The highest BCUT2D eigenvalue weighted by molar-refractivity contribution is 7.18. The lowest BCUT2D eigenvalue weighted by atomic mass is 10.1. The molecule has 146 valence electrons. The van der Waals surface area contributed by atoms with Crippen molar-refractivity contribution >= 4 is 33.5 Å². The van der Waals surface area contributed by atoms with Crippen LogP contribution in [-0.2, 0) is 9.47 Å². The minimum Gasteiger partial charge on any atom is -0.462 e. The molecule has 0 aliphatic heterocycles. The standard InChI is InChI=1S/C20H20N2O5S/c1-5-25-19(23)13-7-14(20(24)26-6-2)9-15(8-13)27-17-16-11(3)12(4)28-18(16)22-10-21-17/h7-10H,5-6H2,1-4H3. The van der Waals surface area contributed by atoms with E-state index in [1.54, 1.807) is 25.2 Å². The van der Waals surface area contributed by atoms with Gasteiger partial charge < -0.3 is 14.2 Å². The van der Waals surface area contributed by atoms with E-state index in [1.807, 2.05) is 13.8 Å². The highest BCUT2D eigenvalue weighted by atomic mass is 32.1. The van der Waals surface area contributed by atoms with E-state index in [9.17, 15) is 9.59 Å². The monoisotopic (exact) mass is 400 g/mol. The van der Waals surface area contributed by atoms with Gasteiger partial charge in [-0.05, 0) is 51.5 Å². The van der Waals surface area contributed by atoms with Gasteiger partial charge in [0.05, 0.1) is 29.7 Å². The molecule has 0 aliphatic carbocycles. The smallest absolute Gasteiger partial charge is 0.338 e. The topological polar surface area (TPSA) is 87.6 Å². The van der Waals surface area contributed by atoms with Gasteiger partial charge in [-0.1, -0.05) is 0 Å². The van der Waals surface area contributed by atoms with Gasteiger partial charge in [0.1, 0.15) is 16.9 Å². The third kappa shape index (κ3) is 3.96. The Morgan fingerprint density at radius 1 is 0.964 bits per heavy atom. The van der Waals surface area contributed by atoms with Crippen LogP contribution in [0.1, 0.15) is 45.0 Å². The molecule has 0 amide bonds. The maximum atomic E-state index is 12.2. The lowest BCUT2D eigenvalue weighted by Crippen LogP contribution is -2.09. The lowest BCUT2D eigenvalue weighted by Gasteiger charge is -2.11. The van der Waals surface area contributed by atoms with Crippen LogP contribution in [0.3, 0.4) is 0 Å². The fraction of sp³-hybridized carbons (Fsp3) is 0.300. The summed E-state index contributed by atoms with van der Waals surface area (Å²) in [6.07, 6.45) is 1.43. The van der Waals surface area contributed by atoms with Crippen LogP contribution in [0.15, 0.2) is 24.5 Å². The number of aryl methyl sites for hydroxylation is 2. The van der Waals surface area contributed by atoms with Crippen LogP contribution >= 0.6 is 11.3 Å².